The van der Waals surface area contributed by atoms with Gasteiger partial charge in [0.2, 0.25) is 0 Å². The highest BCUT2D eigenvalue weighted by Gasteiger charge is 2.21. The average molecular weight is 399 g/mol. The first kappa shape index (κ1) is 21.2. The van der Waals surface area contributed by atoms with Crippen molar-refractivity contribution in [2.24, 2.45) is 5.92 Å². The molecule has 4 nitrogen and oxygen atoms in total. The van der Waals surface area contributed by atoms with Crippen LogP contribution in [-0.2, 0) is 4.79 Å². The second kappa shape index (κ2) is 9.77. The molecule has 3 atom stereocenters. The van der Waals surface area contributed by atoms with Gasteiger partial charge in [-0.2, -0.15) is 0 Å². The monoisotopic (exact) mass is 398 g/mol. The quantitative estimate of drug-likeness (QED) is 0.706. The number of carbonyl (C=O) groups excluding carboxylic acids is 1. The molecule has 0 radical (unpaired) electrons. The van der Waals surface area contributed by atoms with Gasteiger partial charge >= 0.3 is 0 Å². The maximum absolute atomic E-state index is 13.1. The molecule has 0 aliphatic carbocycles. The highest BCUT2D eigenvalue weighted by Crippen LogP contribution is 2.25. The molecule has 0 unspecified atom stereocenters. The molecule has 1 aliphatic heterocycles. The highest BCUT2D eigenvalue weighted by molar-refractivity contribution is 5.81. The van der Waals surface area contributed by atoms with Crippen molar-refractivity contribution in [2.75, 3.05) is 18.0 Å². The molecule has 156 valence electrons. The number of halogens is 1. The van der Waals surface area contributed by atoms with Crippen LogP contribution in [0.15, 0.2) is 48.5 Å². The Kier molecular flexibility index (Phi) is 7.13. The van der Waals surface area contributed by atoms with E-state index in [0.29, 0.717) is 12.2 Å². The highest BCUT2D eigenvalue weighted by atomic mass is 19.1. The molecule has 29 heavy (non-hydrogen) atoms. The van der Waals surface area contributed by atoms with Gasteiger partial charge in [0.1, 0.15) is 11.6 Å². The molecule has 2 aromatic rings. The van der Waals surface area contributed by atoms with E-state index in [-0.39, 0.29) is 17.8 Å². The van der Waals surface area contributed by atoms with Crippen molar-refractivity contribution >= 4 is 11.6 Å². The predicted molar refractivity (Wildman–Crippen MR) is 115 cm³/mol. The number of benzene rings is 2. The van der Waals surface area contributed by atoms with Gasteiger partial charge in [-0.3, -0.25) is 4.79 Å². The van der Waals surface area contributed by atoms with Crippen molar-refractivity contribution in [3.63, 3.8) is 0 Å². The lowest BCUT2D eigenvalue weighted by molar-refractivity contribution is -0.128. The smallest absolute Gasteiger partial charge is 0.261 e. The van der Waals surface area contributed by atoms with Crippen LogP contribution in [0, 0.1) is 11.7 Å². The summed E-state index contributed by atoms with van der Waals surface area (Å²) in [5.74, 6) is 0.721. The first-order valence-corrected chi connectivity index (χ1v) is 10.5. The molecule has 0 bridgehead atoms. The standard InChI is InChI=1S/C24H31FN2O2/c1-4-23(29-22-13-9-20(25)10-14-22)24(28)26-18(3)19-7-11-21(12-8-19)27-15-5-6-17(2)16-27/h7-14,17-18,23H,4-6,15-16H2,1-3H3,(H,26,28)/t17-,18-,23-/m0/s1. The molecule has 0 aromatic heterocycles. The zero-order valence-corrected chi connectivity index (χ0v) is 17.5. The number of anilines is 1. The predicted octanol–water partition coefficient (Wildman–Crippen LogP) is 5.10. The number of hydrogen-bond acceptors (Lipinski definition) is 3. The molecule has 1 amide bonds. The van der Waals surface area contributed by atoms with Gasteiger partial charge in [0.25, 0.3) is 5.91 Å². The molecule has 1 fully saturated rings. The van der Waals surface area contributed by atoms with E-state index in [9.17, 15) is 9.18 Å². The van der Waals surface area contributed by atoms with Crippen LogP contribution in [0.5, 0.6) is 5.75 Å². The van der Waals surface area contributed by atoms with Gasteiger partial charge in [0, 0.05) is 18.8 Å². The van der Waals surface area contributed by atoms with Crippen molar-refractivity contribution in [3.05, 3.63) is 59.9 Å². The Morgan fingerprint density at radius 1 is 1.21 bits per heavy atom. The Morgan fingerprint density at radius 3 is 2.52 bits per heavy atom. The minimum atomic E-state index is -0.614. The van der Waals surface area contributed by atoms with Gasteiger partial charge in [0.15, 0.2) is 6.10 Å². The Bertz CT molecular complexity index is 792. The summed E-state index contributed by atoms with van der Waals surface area (Å²) in [7, 11) is 0. The van der Waals surface area contributed by atoms with Gasteiger partial charge in [-0.15, -0.1) is 0 Å². The zero-order chi connectivity index (χ0) is 20.8. The summed E-state index contributed by atoms with van der Waals surface area (Å²) in [6, 6.07) is 14.1. The van der Waals surface area contributed by atoms with Crippen LogP contribution in [0.4, 0.5) is 10.1 Å². The third-order valence-electron chi connectivity index (χ3n) is 5.53. The Labute approximate surface area is 173 Å². The number of carbonyl (C=O) groups is 1. The molecular weight excluding hydrogens is 367 g/mol. The first-order valence-electron chi connectivity index (χ1n) is 10.5. The molecule has 1 heterocycles. The van der Waals surface area contributed by atoms with E-state index in [4.69, 9.17) is 4.74 Å². The van der Waals surface area contributed by atoms with Crippen molar-refractivity contribution in [1.29, 1.82) is 0 Å². The van der Waals surface area contributed by atoms with Gasteiger partial charge in [-0.1, -0.05) is 26.0 Å². The van der Waals surface area contributed by atoms with Crippen molar-refractivity contribution < 1.29 is 13.9 Å². The number of ether oxygens (including phenoxy) is 1. The fourth-order valence-electron chi connectivity index (χ4n) is 3.79. The van der Waals surface area contributed by atoms with Crippen LogP contribution in [0.1, 0.15) is 51.6 Å². The summed E-state index contributed by atoms with van der Waals surface area (Å²) < 4.78 is 18.8. The van der Waals surface area contributed by atoms with Gasteiger partial charge in [0.05, 0.1) is 6.04 Å². The number of amides is 1. The van der Waals surface area contributed by atoms with Crippen LogP contribution in [-0.4, -0.2) is 25.1 Å². The summed E-state index contributed by atoms with van der Waals surface area (Å²) in [6.45, 7) is 8.38. The largest absolute Gasteiger partial charge is 0.481 e. The lowest BCUT2D eigenvalue weighted by atomic mass is 9.99. The van der Waals surface area contributed by atoms with Crippen molar-refractivity contribution in [3.8, 4) is 5.75 Å². The molecule has 5 heteroatoms. The van der Waals surface area contributed by atoms with Gasteiger partial charge < -0.3 is 15.0 Å². The maximum atomic E-state index is 13.1. The number of rotatable bonds is 7. The summed E-state index contributed by atoms with van der Waals surface area (Å²) in [4.78, 5) is 15.1. The van der Waals surface area contributed by atoms with E-state index in [1.807, 2.05) is 13.8 Å². The van der Waals surface area contributed by atoms with Crippen LogP contribution >= 0.6 is 0 Å². The van der Waals surface area contributed by atoms with E-state index in [1.54, 1.807) is 0 Å². The molecule has 0 spiro atoms. The zero-order valence-electron chi connectivity index (χ0n) is 17.5. The number of nitrogens with zero attached hydrogens (tertiary/aromatic N) is 1. The van der Waals surface area contributed by atoms with E-state index >= 15 is 0 Å². The molecular formula is C24H31FN2O2. The van der Waals surface area contributed by atoms with E-state index < -0.39 is 6.10 Å². The normalized spacial score (nSPS) is 18.8. The van der Waals surface area contributed by atoms with E-state index in [0.717, 1.165) is 24.6 Å². The van der Waals surface area contributed by atoms with Crippen molar-refractivity contribution in [2.45, 2.75) is 52.2 Å². The van der Waals surface area contributed by atoms with Crippen LogP contribution in [0.2, 0.25) is 0 Å². The third kappa shape index (κ3) is 5.72. The first-order chi connectivity index (χ1) is 14.0. The summed E-state index contributed by atoms with van der Waals surface area (Å²) in [5, 5.41) is 3.03. The molecule has 1 N–H and O–H groups in total. The molecule has 1 saturated heterocycles. The van der Waals surface area contributed by atoms with Crippen LogP contribution in [0.3, 0.4) is 0 Å². The van der Waals surface area contributed by atoms with Gasteiger partial charge in [-0.05, 0) is 74.1 Å². The lowest BCUT2D eigenvalue weighted by Crippen LogP contribution is -2.39. The summed E-state index contributed by atoms with van der Waals surface area (Å²) in [6.07, 6.45) is 2.46. The Balaban J connectivity index is 1.58. The van der Waals surface area contributed by atoms with Crippen LogP contribution in [0.25, 0.3) is 0 Å². The summed E-state index contributed by atoms with van der Waals surface area (Å²) in [5.41, 5.74) is 2.30. The Morgan fingerprint density at radius 2 is 1.90 bits per heavy atom. The molecule has 2 aromatic carbocycles. The number of hydrogen-bond donors (Lipinski definition) is 1. The average Bonchev–Trinajstić information content (AvgIpc) is 2.73. The number of piperidine rings is 1. The van der Waals surface area contributed by atoms with E-state index in [2.05, 4.69) is 41.4 Å². The minimum Gasteiger partial charge on any atom is -0.481 e. The van der Waals surface area contributed by atoms with E-state index in [1.165, 1.54) is 42.8 Å². The fourth-order valence-corrected chi connectivity index (χ4v) is 3.79. The Hall–Kier alpha value is -2.56. The topological polar surface area (TPSA) is 41.6 Å². The molecule has 3 rings (SSSR count). The molecule has 1 aliphatic rings. The van der Waals surface area contributed by atoms with Crippen LogP contribution < -0.4 is 15.0 Å². The van der Waals surface area contributed by atoms with Crippen molar-refractivity contribution in [1.82, 2.24) is 5.32 Å². The second-order valence-electron chi connectivity index (χ2n) is 7.98. The SMILES string of the molecule is CC[C@H](Oc1ccc(F)cc1)C(=O)N[C@@H](C)c1ccc(N2CCC[C@H](C)C2)cc1. The number of nitrogens with one attached hydrogen (secondary N) is 1. The van der Waals surface area contributed by atoms with Gasteiger partial charge in [-0.25, -0.2) is 4.39 Å². The minimum absolute atomic E-state index is 0.123. The maximum Gasteiger partial charge on any atom is 0.261 e. The summed E-state index contributed by atoms with van der Waals surface area (Å²) >= 11 is 0. The third-order valence-corrected chi connectivity index (χ3v) is 5.53. The fraction of sp³-hybridized carbons (Fsp3) is 0.458. The second-order valence-corrected chi connectivity index (χ2v) is 7.98. The molecule has 0 saturated carbocycles. The lowest BCUT2D eigenvalue weighted by Gasteiger charge is -2.33.